The first-order valence-electron chi connectivity index (χ1n) is 6.54. The molecule has 0 saturated carbocycles. The molecule has 0 spiro atoms. The van der Waals surface area contributed by atoms with E-state index >= 15 is 0 Å². The van der Waals surface area contributed by atoms with Gasteiger partial charge in [0.25, 0.3) is 5.91 Å². The molecule has 2 rings (SSSR count). The molecule has 116 valence electrons. The van der Waals surface area contributed by atoms with Crippen molar-refractivity contribution in [2.24, 2.45) is 5.92 Å². The van der Waals surface area contributed by atoms with Gasteiger partial charge in [-0.2, -0.15) is 13.2 Å². The highest BCUT2D eigenvalue weighted by Crippen LogP contribution is 2.33. The van der Waals surface area contributed by atoms with E-state index in [2.05, 4.69) is 0 Å². The van der Waals surface area contributed by atoms with E-state index in [4.69, 9.17) is 11.6 Å². The van der Waals surface area contributed by atoms with Crippen LogP contribution in [0.25, 0.3) is 0 Å². The van der Waals surface area contributed by atoms with Gasteiger partial charge < -0.3 is 10.0 Å². The third kappa shape index (κ3) is 3.49. The second-order valence-electron chi connectivity index (χ2n) is 5.23. The predicted molar refractivity (Wildman–Crippen MR) is 72.1 cm³/mol. The molecule has 0 aromatic heterocycles. The maximum atomic E-state index is 12.6. The molecule has 0 bridgehead atoms. The van der Waals surface area contributed by atoms with Crippen LogP contribution in [0.4, 0.5) is 13.2 Å². The molecular weight excluding hydrogens is 307 g/mol. The number of carbonyl (C=O) groups excluding carboxylic acids is 1. The average Bonchev–Trinajstić information content (AvgIpc) is 2.86. The number of benzene rings is 1. The van der Waals surface area contributed by atoms with Crippen LogP contribution in [-0.2, 0) is 6.18 Å². The lowest BCUT2D eigenvalue weighted by Gasteiger charge is -2.19. The second kappa shape index (κ2) is 5.85. The number of hydrogen-bond donors (Lipinski definition) is 1. The Kier molecular flexibility index (Phi) is 4.49. The summed E-state index contributed by atoms with van der Waals surface area (Å²) in [6.45, 7) is 2.50. The van der Waals surface area contributed by atoms with E-state index in [0.717, 1.165) is 18.2 Å². The zero-order valence-corrected chi connectivity index (χ0v) is 12.1. The topological polar surface area (TPSA) is 40.5 Å². The Morgan fingerprint density at radius 2 is 2.14 bits per heavy atom. The van der Waals surface area contributed by atoms with E-state index in [0.29, 0.717) is 19.5 Å². The molecule has 1 aliphatic heterocycles. The number of amides is 1. The lowest BCUT2D eigenvalue weighted by atomic mass is 10.0. The van der Waals surface area contributed by atoms with E-state index in [1.807, 2.05) is 0 Å². The number of halogens is 4. The molecule has 7 heteroatoms. The summed E-state index contributed by atoms with van der Waals surface area (Å²) in [5.74, 6) is -0.418. The zero-order chi connectivity index (χ0) is 15.8. The van der Waals surface area contributed by atoms with Gasteiger partial charge in [0.2, 0.25) is 0 Å². The minimum atomic E-state index is -4.49. The number of aliphatic hydroxyl groups is 1. The lowest BCUT2D eigenvalue weighted by molar-refractivity contribution is -0.137. The van der Waals surface area contributed by atoms with Gasteiger partial charge in [-0.15, -0.1) is 0 Å². The van der Waals surface area contributed by atoms with Gasteiger partial charge in [-0.1, -0.05) is 11.6 Å². The number of hydrogen-bond acceptors (Lipinski definition) is 2. The molecule has 1 N–H and O–H groups in total. The standard InChI is InChI=1S/C14H15ClF3NO2/c1-8(20)9-4-5-19(7-9)13(21)11-3-2-10(6-12(11)15)14(16,17)18/h2-3,6,8-9,20H,4-5,7H2,1H3. The fraction of sp³-hybridized carbons (Fsp3) is 0.500. The second-order valence-corrected chi connectivity index (χ2v) is 5.64. The van der Waals surface area contributed by atoms with E-state index in [1.54, 1.807) is 6.92 Å². The highest BCUT2D eigenvalue weighted by Gasteiger charge is 2.33. The third-order valence-corrected chi connectivity index (χ3v) is 4.03. The molecule has 0 aliphatic carbocycles. The predicted octanol–water partition coefficient (Wildman–Crippen LogP) is 3.20. The Morgan fingerprint density at radius 1 is 1.48 bits per heavy atom. The van der Waals surface area contributed by atoms with Gasteiger partial charge in [-0.05, 0) is 31.5 Å². The molecule has 3 nitrogen and oxygen atoms in total. The Hall–Kier alpha value is -1.27. The smallest absolute Gasteiger partial charge is 0.393 e. The number of likely N-dealkylation sites (tertiary alicyclic amines) is 1. The number of aliphatic hydroxyl groups excluding tert-OH is 1. The van der Waals surface area contributed by atoms with Crippen molar-refractivity contribution in [1.82, 2.24) is 4.90 Å². The summed E-state index contributed by atoms with van der Waals surface area (Å²) < 4.78 is 37.7. The minimum absolute atomic E-state index is 0.0119. The molecule has 1 aromatic carbocycles. The van der Waals surface area contributed by atoms with Gasteiger partial charge in [0.15, 0.2) is 0 Å². The molecular formula is C14H15ClF3NO2. The van der Waals surface area contributed by atoms with Crippen LogP contribution in [0, 0.1) is 5.92 Å². The van der Waals surface area contributed by atoms with Gasteiger partial charge >= 0.3 is 6.18 Å². The van der Waals surface area contributed by atoms with Crippen LogP contribution in [0.3, 0.4) is 0 Å². The first-order chi connectivity index (χ1) is 9.70. The molecule has 1 amide bonds. The summed E-state index contributed by atoms with van der Waals surface area (Å²) in [7, 11) is 0. The number of alkyl halides is 3. The average molecular weight is 322 g/mol. The van der Waals surface area contributed by atoms with Crippen molar-refractivity contribution >= 4 is 17.5 Å². The fourth-order valence-electron chi connectivity index (χ4n) is 2.40. The zero-order valence-electron chi connectivity index (χ0n) is 11.3. The first-order valence-corrected chi connectivity index (χ1v) is 6.92. The maximum absolute atomic E-state index is 12.6. The van der Waals surface area contributed by atoms with Gasteiger partial charge in [0, 0.05) is 19.0 Å². The van der Waals surface area contributed by atoms with Crippen LogP contribution in [0.2, 0.25) is 5.02 Å². The number of rotatable bonds is 2. The summed E-state index contributed by atoms with van der Waals surface area (Å²) in [5, 5.41) is 9.30. The van der Waals surface area contributed by atoms with Crippen LogP contribution >= 0.6 is 11.6 Å². The largest absolute Gasteiger partial charge is 0.416 e. The van der Waals surface area contributed by atoms with Crippen molar-refractivity contribution in [1.29, 1.82) is 0 Å². The van der Waals surface area contributed by atoms with Crippen molar-refractivity contribution < 1.29 is 23.1 Å². The molecule has 1 saturated heterocycles. The summed E-state index contributed by atoms with van der Waals surface area (Å²) in [5.41, 5.74) is -0.830. The molecule has 0 radical (unpaired) electrons. The molecule has 1 heterocycles. The van der Waals surface area contributed by atoms with Gasteiger partial charge in [0.05, 0.1) is 22.3 Å². The maximum Gasteiger partial charge on any atom is 0.416 e. The third-order valence-electron chi connectivity index (χ3n) is 3.72. The van der Waals surface area contributed by atoms with Crippen molar-refractivity contribution in [2.45, 2.75) is 25.6 Å². The number of carbonyl (C=O) groups is 1. The van der Waals surface area contributed by atoms with Crippen molar-refractivity contribution in [3.63, 3.8) is 0 Å². The Balaban J connectivity index is 2.17. The molecule has 1 aliphatic rings. The Bertz CT molecular complexity index is 546. The molecule has 2 atom stereocenters. The van der Waals surface area contributed by atoms with Gasteiger partial charge in [-0.25, -0.2) is 0 Å². The molecule has 1 aromatic rings. The van der Waals surface area contributed by atoms with Crippen molar-refractivity contribution in [3.8, 4) is 0 Å². The van der Waals surface area contributed by atoms with Crippen LogP contribution in [0.15, 0.2) is 18.2 Å². The molecule has 21 heavy (non-hydrogen) atoms. The Labute approximate surface area is 125 Å². The van der Waals surface area contributed by atoms with Gasteiger partial charge in [0.1, 0.15) is 0 Å². The molecule has 2 unspecified atom stereocenters. The van der Waals surface area contributed by atoms with Crippen LogP contribution < -0.4 is 0 Å². The molecule has 1 fully saturated rings. The summed E-state index contributed by atoms with van der Waals surface area (Å²) in [4.78, 5) is 13.8. The summed E-state index contributed by atoms with van der Waals surface area (Å²) >= 11 is 5.81. The van der Waals surface area contributed by atoms with Crippen molar-refractivity contribution in [2.75, 3.05) is 13.1 Å². The highest BCUT2D eigenvalue weighted by molar-refractivity contribution is 6.33. The van der Waals surface area contributed by atoms with E-state index in [1.165, 1.54) is 4.90 Å². The first kappa shape index (κ1) is 16.1. The minimum Gasteiger partial charge on any atom is -0.393 e. The van der Waals surface area contributed by atoms with Crippen LogP contribution in [-0.4, -0.2) is 35.1 Å². The number of nitrogens with zero attached hydrogens (tertiary/aromatic N) is 1. The highest BCUT2D eigenvalue weighted by atomic mass is 35.5. The van der Waals surface area contributed by atoms with Crippen LogP contribution in [0.5, 0.6) is 0 Å². The quantitative estimate of drug-likeness (QED) is 0.908. The van der Waals surface area contributed by atoms with Crippen molar-refractivity contribution in [3.05, 3.63) is 34.3 Å². The van der Waals surface area contributed by atoms with E-state index in [-0.39, 0.29) is 16.5 Å². The SMILES string of the molecule is CC(O)C1CCN(C(=O)c2ccc(C(F)(F)F)cc2Cl)C1. The normalized spacial score (nSPS) is 20.7. The lowest BCUT2D eigenvalue weighted by Crippen LogP contribution is -2.30. The van der Waals surface area contributed by atoms with Crippen LogP contribution in [0.1, 0.15) is 29.3 Å². The van der Waals surface area contributed by atoms with Gasteiger partial charge in [-0.3, -0.25) is 4.79 Å². The Morgan fingerprint density at radius 3 is 2.62 bits per heavy atom. The van der Waals surface area contributed by atoms with E-state index in [9.17, 15) is 23.1 Å². The fourth-order valence-corrected chi connectivity index (χ4v) is 2.66. The summed E-state index contributed by atoms with van der Waals surface area (Å²) in [6.07, 6.45) is -4.34. The summed E-state index contributed by atoms with van der Waals surface area (Å²) in [6, 6.07) is 2.71. The van der Waals surface area contributed by atoms with E-state index < -0.39 is 23.8 Å². The monoisotopic (exact) mass is 321 g/mol.